The molecule has 31 heavy (non-hydrogen) atoms. The monoisotopic (exact) mass is 468 g/mol. The number of nitrogens with one attached hydrogen (secondary N) is 2. The zero-order valence-electron chi connectivity index (χ0n) is 16.4. The summed E-state index contributed by atoms with van der Waals surface area (Å²) in [5, 5.41) is 24.7. The number of halogens is 2. The molecule has 2 rings (SSSR count). The number of rotatable bonds is 10. The van der Waals surface area contributed by atoms with E-state index in [4.69, 9.17) is 27.9 Å². The van der Waals surface area contributed by atoms with Crippen LogP contribution in [0.15, 0.2) is 48.5 Å². The highest BCUT2D eigenvalue weighted by Gasteiger charge is 2.23. The molecule has 2 aromatic carbocycles. The standard InChI is InChI=1S/C21H22Cl2N2O6/c22-15-7-6-14(17(23)9-15)8-18(20(28)29)25-19(27)10-16(26)11-24-21(30)31-12-13-4-2-1-3-5-13/h1-7,9,16,18,26H,8,10-12H2,(H,24,30)(H,25,27)(H,28,29)/t16-,18-/m1/s1. The topological polar surface area (TPSA) is 125 Å². The van der Waals surface area contributed by atoms with Crippen molar-refractivity contribution in [3.05, 3.63) is 69.7 Å². The van der Waals surface area contributed by atoms with Gasteiger partial charge in [0.25, 0.3) is 0 Å². The molecule has 0 aromatic heterocycles. The number of carboxylic acids is 1. The molecule has 166 valence electrons. The highest BCUT2D eigenvalue weighted by Crippen LogP contribution is 2.22. The van der Waals surface area contributed by atoms with Gasteiger partial charge in [0.2, 0.25) is 5.91 Å². The summed E-state index contributed by atoms with van der Waals surface area (Å²) < 4.78 is 5.00. The molecule has 0 saturated carbocycles. The van der Waals surface area contributed by atoms with Crippen LogP contribution >= 0.6 is 23.2 Å². The second-order valence-corrected chi connectivity index (χ2v) is 7.54. The first-order valence-corrected chi connectivity index (χ1v) is 10.1. The zero-order chi connectivity index (χ0) is 22.8. The number of ether oxygens (including phenoxy) is 1. The molecule has 0 unspecified atom stereocenters. The number of alkyl carbamates (subject to hydrolysis) is 1. The highest BCUT2D eigenvalue weighted by molar-refractivity contribution is 6.35. The Morgan fingerprint density at radius 3 is 2.42 bits per heavy atom. The van der Waals surface area contributed by atoms with Crippen molar-refractivity contribution in [2.45, 2.75) is 31.6 Å². The van der Waals surface area contributed by atoms with Gasteiger partial charge in [-0.2, -0.15) is 0 Å². The highest BCUT2D eigenvalue weighted by atomic mass is 35.5. The number of carbonyl (C=O) groups is 3. The quantitative estimate of drug-likeness (QED) is 0.424. The van der Waals surface area contributed by atoms with Crippen LogP contribution in [0.5, 0.6) is 0 Å². The van der Waals surface area contributed by atoms with Crippen LogP contribution in [0.3, 0.4) is 0 Å². The van der Waals surface area contributed by atoms with Crippen LogP contribution in [0.4, 0.5) is 4.79 Å². The average molecular weight is 469 g/mol. The minimum absolute atomic E-state index is 0.0583. The summed E-state index contributed by atoms with van der Waals surface area (Å²) in [4.78, 5) is 35.3. The van der Waals surface area contributed by atoms with E-state index in [1.807, 2.05) is 18.2 Å². The Labute approximate surface area is 189 Å². The van der Waals surface area contributed by atoms with E-state index in [2.05, 4.69) is 10.6 Å². The Hall–Kier alpha value is -2.81. The summed E-state index contributed by atoms with van der Waals surface area (Å²) in [6.07, 6.45) is -2.43. The van der Waals surface area contributed by atoms with Gasteiger partial charge >= 0.3 is 12.1 Å². The van der Waals surface area contributed by atoms with Crippen molar-refractivity contribution < 1.29 is 29.3 Å². The van der Waals surface area contributed by atoms with E-state index in [-0.39, 0.29) is 24.6 Å². The molecule has 0 saturated heterocycles. The van der Waals surface area contributed by atoms with E-state index >= 15 is 0 Å². The second kappa shape index (κ2) is 12.1. The number of benzene rings is 2. The molecular weight excluding hydrogens is 447 g/mol. The summed E-state index contributed by atoms with van der Waals surface area (Å²) in [6, 6.07) is 12.4. The van der Waals surface area contributed by atoms with E-state index < -0.39 is 36.5 Å². The summed E-state index contributed by atoms with van der Waals surface area (Å²) in [5.41, 5.74) is 1.31. The van der Waals surface area contributed by atoms with E-state index in [1.54, 1.807) is 24.3 Å². The van der Waals surface area contributed by atoms with Gasteiger partial charge in [0, 0.05) is 23.0 Å². The van der Waals surface area contributed by atoms with Crippen molar-refractivity contribution >= 4 is 41.2 Å². The molecule has 0 radical (unpaired) electrons. The minimum Gasteiger partial charge on any atom is -0.480 e. The molecule has 2 atom stereocenters. The maximum atomic E-state index is 12.1. The van der Waals surface area contributed by atoms with Crippen molar-refractivity contribution in [3.63, 3.8) is 0 Å². The van der Waals surface area contributed by atoms with E-state index in [0.29, 0.717) is 10.6 Å². The predicted octanol–water partition coefficient (Wildman–Crippen LogP) is 2.78. The van der Waals surface area contributed by atoms with Crippen LogP contribution < -0.4 is 10.6 Å². The Bertz CT molecular complexity index is 910. The van der Waals surface area contributed by atoms with Gasteiger partial charge in [-0.05, 0) is 23.3 Å². The molecule has 0 aliphatic heterocycles. The smallest absolute Gasteiger partial charge is 0.407 e. The third-order valence-electron chi connectivity index (χ3n) is 4.19. The number of aliphatic carboxylic acids is 1. The molecule has 0 heterocycles. The third kappa shape index (κ3) is 8.84. The lowest BCUT2D eigenvalue weighted by Crippen LogP contribution is -2.44. The van der Waals surface area contributed by atoms with Crippen molar-refractivity contribution in [1.29, 1.82) is 0 Å². The van der Waals surface area contributed by atoms with Crippen LogP contribution in [-0.4, -0.2) is 46.9 Å². The van der Waals surface area contributed by atoms with Crippen molar-refractivity contribution in [2.75, 3.05) is 6.54 Å². The molecule has 2 aromatic rings. The van der Waals surface area contributed by atoms with Crippen molar-refractivity contribution in [3.8, 4) is 0 Å². The van der Waals surface area contributed by atoms with Crippen LogP contribution in [-0.2, 0) is 27.4 Å². The fraction of sp³-hybridized carbons (Fsp3) is 0.286. The number of hydrogen-bond acceptors (Lipinski definition) is 5. The molecule has 4 N–H and O–H groups in total. The predicted molar refractivity (Wildman–Crippen MR) is 115 cm³/mol. The van der Waals surface area contributed by atoms with E-state index in [1.165, 1.54) is 6.07 Å². The molecule has 2 amide bonds. The first kappa shape index (κ1) is 24.5. The SMILES string of the molecule is O=C(C[C@@H](O)CNC(=O)OCc1ccccc1)N[C@H](Cc1ccc(Cl)cc1Cl)C(=O)O. The minimum atomic E-state index is -1.25. The van der Waals surface area contributed by atoms with Gasteiger partial charge in [-0.1, -0.05) is 59.6 Å². The van der Waals surface area contributed by atoms with E-state index in [9.17, 15) is 24.6 Å². The summed E-state index contributed by atoms with van der Waals surface area (Å²) in [6.45, 7) is -0.168. The van der Waals surface area contributed by atoms with Gasteiger partial charge in [-0.15, -0.1) is 0 Å². The van der Waals surface area contributed by atoms with Crippen molar-refractivity contribution in [2.24, 2.45) is 0 Å². The van der Waals surface area contributed by atoms with Gasteiger partial charge < -0.3 is 25.6 Å². The molecule has 0 fully saturated rings. The number of hydrogen-bond donors (Lipinski definition) is 4. The Kier molecular flexibility index (Phi) is 9.58. The summed E-state index contributed by atoms with van der Waals surface area (Å²) in [5.74, 6) is -1.94. The largest absolute Gasteiger partial charge is 0.480 e. The molecule has 0 aliphatic rings. The molecule has 10 heteroatoms. The lowest BCUT2D eigenvalue weighted by molar-refractivity contribution is -0.142. The van der Waals surface area contributed by atoms with Crippen LogP contribution in [0.2, 0.25) is 10.0 Å². The fourth-order valence-corrected chi connectivity index (χ4v) is 3.11. The normalized spacial score (nSPS) is 12.5. The number of carbonyl (C=O) groups excluding carboxylic acids is 2. The third-order valence-corrected chi connectivity index (χ3v) is 4.78. The maximum absolute atomic E-state index is 12.1. The number of aliphatic hydroxyl groups excluding tert-OH is 1. The van der Waals surface area contributed by atoms with Gasteiger partial charge in [0.05, 0.1) is 12.5 Å². The summed E-state index contributed by atoms with van der Waals surface area (Å²) >= 11 is 11.9. The zero-order valence-corrected chi connectivity index (χ0v) is 17.9. The Balaban J connectivity index is 1.77. The van der Waals surface area contributed by atoms with Gasteiger partial charge in [0.15, 0.2) is 0 Å². The fourth-order valence-electron chi connectivity index (χ4n) is 2.62. The lowest BCUT2D eigenvalue weighted by atomic mass is 10.1. The molecule has 0 bridgehead atoms. The first-order chi connectivity index (χ1) is 14.7. The molecule has 0 spiro atoms. The first-order valence-electron chi connectivity index (χ1n) is 9.33. The van der Waals surface area contributed by atoms with Crippen molar-refractivity contribution in [1.82, 2.24) is 10.6 Å². The van der Waals surface area contributed by atoms with Gasteiger partial charge in [-0.3, -0.25) is 4.79 Å². The Morgan fingerprint density at radius 1 is 1.06 bits per heavy atom. The molecule has 0 aliphatic carbocycles. The molecular formula is C21H22Cl2N2O6. The Morgan fingerprint density at radius 2 is 1.77 bits per heavy atom. The van der Waals surface area contributed by atoms with E-state index in [0.717, 1.165) is 5.56 Å². The number of amides is 2. The molecule has 8 nitrogen and oxygen atoms in total. The van der Waals surface area contributed by atoms with Gasteiger partial charge in [-0.25, -0.2) is 9.59 Å². The second-order valence-electron chi connectivity index (χ2n) is 6.70. The number of carboxylic acid groups (broad SMARTS) is 1. The van der Waals surface area contributed by atoms with Crippen LogP contribution in [0.1, 0.15) is 17.5 Å². The van der Waals surface area contributed by atoms with Crippen LogP contribution in [0, 0.1) is 0 Å². The van der Waals surface area contributed by atoms with Gasteiger partial charge in [0.1, 0.15) is 12.6 Å². The van der Waals surface area contributed by atoms with Crippen LogP contribution in [0.25, 0.3) is 0 Å². The maximum Gasteiger partial charge on any atom is 0.407 e. The lowest BCUT2D eigenvalue weighted by Gasteiger charge is -2.17. The number of aliphatic hydroxyl groups is 1. The summed E-state index contributed by atoms with van der Waals surface area (Å²) in [7, 11) is 0. The average Bonchev–Trinajstić information content (AvgIpc) is 2.72.